The smallest absolute Gasteiger partial charge is 0.261 e. The van der Waals surface area contributed by atoms with Crippen molar-refractivity contribution >= 4 is 17.2 Å². The number of aryl methyl sites for hydroxylation is 2. The quantitative estimate of drug-likeness (QED) is 0.908. The van der Waals surface area contributed by atoms with Crippen LogP contribution in [0.2, 0.25) is 0 Å². The Morgan fingerprint density at radius 2 is 2.00 bits per heavy atom. The van der Waals surface area contributed by atoms with E-state index >= 15 is 0 Å². The first-order chi connectivity index (χ1) is 10.6. The molecule has 2 bridgehead atoms. The number of nitrogens with one attached hydrogen (secondary N) is 1. The molecule has 0 radical (unpaired) electrons. The third-order valence-electron chi connectivity index (χ3n) is 6.09. The van der Waals surface area contributed by atoms with Crippen molar-refractivity contribution in [3.8, 4) is 0 Å². The second kappa shape index (κ2) is 5.34. The SMILES string of the molecule is CC1(C)[C@H](NC(=O)c2cc3c(s2)CCCC3)C2CCN1CC2. The number of amides is 1. The van der Waals surface area contributed by atoms with E-state index in [0.717, 1.165) is 11.3 Å². The Morgan fingerprint density at radius 1 is 1.27 bits per heavy atom. The van der Waals surface area contributed by atoms with Crippen LogP contribution in [0.25, 0.3) is 0 Å². The molecule has 120 valence electrons. The maximum absolute atomic E-state index is 12.8. The van der Waals surface area contributed by atoms with Crippen molar-refractivity contribution in [1.82, 2.24) is 10.2 Å². The molecular formula is C18H26N2OS. The van der Waals surface area contributed by atoms with Gasteiger partial charge in [-0.3, -0.25) is 9.69 Å². The molecule has 4 aliphatic rings. The molecule has 1 N–H and O–H groups in total. The number of fused-ring (bicyclic) bond motifs is 4. The van der Waals surface area contributed by atoms with E-state index in [-0.39, 0.29) is 11.4 Å². The molecule has 3 saturated heterocycles. The molecule has 4 heteroatoms. The molecule has 0 spiro atoms. The van der Waals surface area contributed by atoms with Gasteiger partial charge in [0.1, 0.15) is 0 Å². The number of rotatable bonds is 2. The van der Waals surface area contributed by atoms with E-state index in [0.29, 0.717) is 12.0 Å². The normalized spacial score (nSPS) is 32.5. The van der Waals surface area contributed by atoms with Crippen LogP contribution in [0.15, 0.2) is 6.07 Å². The predicted octanol–water partition coefficient (Wildman–Crippen LogP) is 3.23. The highest BCUT2D eigenvalue weighted by molar-refractivity contribution is 7.14. The Kier molecular flexibility index (Phi) is 3.57. The number of hydrogen-bond donors (Lipinski definition) is 1. The fourth-order valence-corrected chi connectivity index (χ4v) is 5.85. The summed E-state index contributed by atoms with van der Waals surface area (Å²) >= 11 is 1.73. The van der Waals surface area contributed by atoms with E-state index in [1.165, 1.54) is 55.6 Å². The van der Waals surface area contributed by atoms with Gasteiger partial charge in [-0.25, -0.2) is 0 Å². The third kappa shape index (κ3) is 2.31. The Bertz CT molecular complexity index is 560. The minimum atomic E-state index is 0.0910. The summed E-state index contributed by atoms with van der Waals surface area (Å²) in [6.45, 7) is 6.97. The van der Waals surface area contributed by atoms with Crippen LogP contribution in [-0.4, -0.2) is 35.5 Å². The van der Waals surface area contributed by atoms with Gasteiger partial charge in [0.05, 0.1) is 4.88 Å². The first kappa shape index (κ1) is 14.7. The average molecular weight is 318 g/mol. The van der Waals surface area contributed by atoms with Crippen LogP contribution in [0.3, 0.4) is 0 Å². The highest BCUT2D eigenvalue weighted by atomic mass is 32.1. The second-order valence-electron chi connectivity index (χ2n) is 7.70. The molecule has 1 aromatic heterocycles. The molecule has 3 fully saturated rings. The van der Waals surface area contributed by atoms with Crippen molar-refractivity contribution in [1.29, 1.82) is 0 Å². The van der Waals surface area contributed by atoms with Crippen molar-refractivity contribution < 1.29 is 4.79 Å². The van der Waals surface area contributed by atoms with E-state index in [1.54, 1.807) is 11.3 Å². The summed E-state index contributed by atoms with van der Waals surface area (Å²) in [4.78, 5) is 17.7. The van der Waals surface area contributed by atoms with Crippen molar-refractivity contribution in [3.63, 3.8) is 0 Å². The van der Waals surface area contributed by atoms with E-state index in [1.807, 2.05) is 0 Å². The highest BCUT2D eigenvalue weighted by Gasteiger charge is 2.48. The standard InChI is InChI=1S/C18H26N2OS/c1-18(2)16(12-7-9-20(18)10-8-12)19-17(21)15-11-13-5-3-4-6-14(13)22-15/h11-12,16H,3-10H2,1-2H3,(H,19,21)/t16-/m1/s1. The summed E-state index contributed by atoms with van der Waals surface area (Å²) in [6.07, 6.45) is 7.34. The van der Waals surface area contributed by atoms with E-state index in [9.17, 15) is 4.79 Å². The number of carbonyl (C=O) groups is 1. The van der Waals surface area contributed by atoms with Gasteiger partial charge in [0, 0.05) is 16.5 Å². The summed E-state index contributed by atoms with van der Waals surface area (Å²) in [5, 5.41) is 3.40. The van der Waals surface area contributed by atoms with E-state index in [2.05, 4.69) is 30.1 Å². The zero-order chi connectivity index (χ0) is 15.3. The van der Waals surface area contributed by atoms with Gasteiger partial charge in [-0.1, -0.05) is 0 Å². The summed E-state index contributed by atoms with van der Waals surface area (Å²) in [6, 6.07) is 2.45. The van der Waals surface area contributed by atoms with Crippen molar-refractivity contribution in [3.05, 3.63) is 21.4 Å². The molecular weight excluding hydrogens is 292 g/mol. The molecule has 1 atom stereocenters. The van der Waals surface area contributed by atoms with Gasteiger partial charge >= 0.3 is 0 Å². The fraction of sp³-hybridized carbons (Fsp3) is 0.722. The van der Waals surface area contributed by atoms with Crippen molar-refractivity contribution in [2.45, 2.75) is 64.0 Å². The molecule has 1 amide bonds. The van der Waals surface area contributed by atoms with E-state index < -0.39 is 0 Å². The number of nitrogens with zero attached hydrogens (tertiary/aromatic N) is 1. The molecule has 0 aromatic carbocycles. The monoisotopic (exact) mass is 318 g/mol. The Labute approximate surface area is 137 Å². The lowest BCUT2D eigenvalue weighted by molar-refractivity contribution is -0.0377. The predicted molar refractivity (Wildman–Crippen MR) is 90.6 cm³/mol. The molecule has 3 aliphatic heterocycles. The third-order valence-corrected chi connectivity index (χ3v) is 7.33. The summed E-state index contributed by atoms with van der Waals surface area (Å²) in [5.74, 6) is 0.810. The maximum Gasteiger partial charge on any atom is 0.261 e. The van der Waals surface area contributed by atoms with Gasteiger partial charge in [0.15, 0.2) is 0 Å². The van der Waals surface area contributed by atoms with Crippen LogP contribution in [-0.2, 0) is 12.8 Å². The van der Waals surface area contributed by atoms with Gasteiger partial charge in [0.25, 0.3) is 5.91 Å². The van der Waals surface area contributed by atoms with Crippen LogP contribution in [0.5, 0.6) is 0 Å². The Morgan fingerprint density at radius 3 is 2.68 bits per heavy atom. The largest absolute Gasteiger partial charge is 0.346 e. The number of hydrogen-bond acceptors (Lipinski definition) is 3. The molecule has 0 saturated carbocycles. The number of piperidine rings is 3. The minimum absolute atomic E-state index is 0.0910. The van der Waals surface area contributed by atoms with Crippen LogP contribution in [0, 0.1) is 5.92 Å². The zero-order valence-electron chi connectivity index (χ0n) is 13.7. The molecule has 4 heterocycles. The first-order valence-corrected chi connectivity index (χ1v) is 9.55. The Hall–Kier alpha value is -0.870. The highest BCUT2D eigenvalue weighted by Crippen LogP contribution is 2.39. The summed E-state index contributed by atoms with van der Waals surface area (Å²) in [7, 11) is 0. The lowest BCUT2D eigenvalue weighted by atomic mass is 9.72. The summed E-state index contributed by atoms with van der Waals surface area (Å²) in [5.41, 5.74) is 1.52. The second-order valence-corrected chi connectivity index (χ2v) is 8.83. The summed E-state index contributed by atoms with van der Waals surface area (Å²) < 4.78 is 0. The van der Waals surface area contributed by atoms with Gasteiger partial charge < -0.3 is 5.32 Å². The number of thiophene rings is 1. The number of carbonyl (C=O) groups excluding carboxylic acids is 1. The van der Waals surface area contributed by atoms with Crippen LogP contribution in [0.4, 0.5) is 0 Å². The fourth-order valence-electron chi connectivity index (χ4n) is 4.69. The van der Waals surface area contributed by atoms with Gasteiger partial charge in [-0.2, -0.15) is 0 Å². The van der Waals surface area contributed by atoms with Gasteiger partial charge in [-0.15, -0.1) is 11.3 Å². The molecule has 22 heavy (non-hydrogen) atoms. The zero-order valence-corrected chi connectivity index (χ0v) is 14.5. The molecule has 5 rings (SSSR count). The Balaban J connectivity index is 1.53. The average Bonchev–Trinajstić information content (AvgIpc) is 2.95. The van der Waals surface area contributed by atoms with Crippen LogP contribution < -0.4 is 5.32 Å². The van der Waals surface area contributed by atoms with Crippen LogP contribution >= 0.6 is 11.3 Å². The van der Waals surface area contributed by atoms with Gasteiger partial charge in [-0.05, 0) is 83.0 Å². The van der Waals surface area contributed by atoms with Gasteiger partial charge in [0.2, 0.25) is 0 Å². The maximum atomic E-state index is 12.8. The topological polar surface area (TPSA) is 32.3 Å². The molecule has 0 unspecified atom stereocenters. The minimum Gasteiger partial charge on any atom is -0.346 e. The van der Waals surface area contributed by atoms with E-state index in [4.69, 9.17) is 0 Å². The molecule has 1 aliphatic carbocycles. The lowest BCUT2D eigenvalue weighted by Gasteiger charge is -2.56. The van der Waals surface area contributed by atoms with Crippen LogP contribution in [0.1, 0.15) is 59.6 Å². The first-order valence-electron chi connectivity index (χ1n) is 8.73. The van der Waals surface area contributed by atoms with Crippen molar-refractivity contribution in [2.75, 3.05) is 13.1 Å². The van der Waals surface area contributed by atoms with Crippen molar-refractivity contribution in [2.24, 2.45) is 5.92 Å². The molecule has 3 nitrogen and oxygen atoms in total. The molecule has 1 aromatic rings. The lowest BCUT2D eigenvalue weighted by Crippen LogP contribution is -2.69.